The molecular weight excluding hydrogens is 326 g/mol. The summed E-state index contributed by atoms with van der Waals surface area (Å²) >= 11 is 0. The highest BCUT2D eigenvalue weighted by molar-refractivity contribution is 5.76. The Labute approximate surface area is 155 Å². The minimum Gasteiger partial charge on any atom is -0.491 e. The van der Waals surface area contributed by atoms with Crippen molar-refractivity contribution in [2.24, 2.45) is 0 Å². The summed E-state index contributed by atoms with van der Waals surface area (Å²) in [5.74, 6) is 1.12. The van der Waals surface area contributed by atoms with Gasteiger partial charge in [-0.1, -0.05) is 48.5 Å². The number of hydrogen-bond acceptors (Lipinski definition) is 3. The molecule has 0 aliphatic carbocycles. The molecule has 1 aliphatic rings. The first-order valence-electron chi connectivity index (χ1n) is 9.42. The van der Waals surface area contributed by atoms with Crippen LogP contribution in [0, 0.1) is 0 Å². The van der Waals surface area contributed by atoms with E-state index in [2.05, 4.69) is 12.1 Å². The average molecular weight is 353 g/mol. The van der Waals surface area contributed by atoms with Gasteiger partial charge in [0.05, 0.1) is 12.7 Å². The van der Waals surface area contributed by atoms with Crippen molar-refractivity contribution in [1.82, 2.24) is 4.90 Å². The molecule has 1 fully saturated rings. The molecular formula is C22H27NO3. The summed E-state index contributed by atoms with van der Waals surface area (Å²) in [7, 11) is 0. The van der Waals surface area contributed by atoms with E-state index in [-0.39, 0.29) is 12.0 Å². The molecule has 2 aromatic rings. The Morgan fingerprint density at radius 3 is 2.27 bits per heavy atom. The predicted octanol–water partition coefficient (Wildman–Crippen LogP) is 3.71. The van der Waals surface area contributed by atoms with Gasteiger partial charge in [-0.15, -0.1) is 0 Å². The molecule has 4 nitrogen and oxygen atoms in total. The Bertz CT molecular complexity index is 652. The maximum Gasteiger partial charge on any atom is 0.222 e. The Morgan fingerprint density at radius 1 is 0.923 bits per heavy atom. The highest BCUT2D eigenvalue weighted by Gasteiger charge is 2.22. The van der Waals surface area contributed by atoms with Crippen molar-refractivity contribution in [3.05, 3.63) is 66.2 Å². The van der Waals surface area contributed by atoms with Gasteiger partial charge in [0.15, 0.2) is 0 Å². The zero-order valence-corrected chi connectivity index (χ0v) is 15.2. The third kappa shape index (κ3) is 5.88. The molecule has 1 saturated heterocycles. The van der Waals surface area contributed by atoms with Crippen LogP contribution < -0.4 is 4.74 Å². The van der Waals surface area contributed by atoms with E-state index in [4.69, 9.17) is 9.47 Å². The quantitative estimate of drug-likeness (QED) is 0.679. The van der Waals surface area contributed by atoms with Gasteiger partial charge in [0, 0.05) is 19.5 Å². The first kappa shape index (κ1) is 18.5. The molecule has 2 aromatic carbocycles. The summed E-state index contributed by atoms with van der Waals surface area (Å²) in [6.45, 7) is 2.72. The first-order chi connectivity index (χ1) is 12.8. The number of benzene rings is 2. The van der Waals surface area contributed by atoms with Gasteiger partial charge in [0.2, 0.25) is 5.91 Å². The molecule has 0 spiro atoms. The third-order valence-electron chi connectivity index (χ3n) is 4.71. The molecule has 3 rings (SSSR count). The number of rotatable bonds is 8. The summed E-state index contributed by atoms with van der Waals surface area (Å²) in [5.41, 5.74) is 1.22. The summed E-state index contributed by atoms with van der Waals surface area (Å²) in [6, 6.07) is 20.0. The summed E-state index contributed by atoms with van der Waals surface area (Å²) in [6.07, 6.45) is 3.44. The highest BCUT2D eigenvalue weighted by Crippen LogP contribution is 2.16. The fourth-order valence-electron chi connectivity index (χ4n) is 3.22. The minimum absolute atomic E-state index is 0.229. The standard InChI is InChI=1S/C22H27NO3/c24-22(12-11-19-7-3-1-4-8-19)23-15-13-21(14-16-23)26-18-17-25-20-9-5-2-6-10-20/h1-10,21H,11-18H2. The summed E-state index contributed by atoms with van der Waals surface area (Å²) < 4.78 is 11.5. The van der Waals surface area contributed by atoms with Crippen molar-refractivity contribution in [3.8, 4) is 5.75 Å². The number of para-hydroxylation sites is 1. The lowest BCUT2D eigenvalue weighted by molar-refractivity contribution is -0.133. The van der Waals surface area contributed by atoms with Gasteiger partial charge in [0.1, 0.15) is 12.4 Å². The molecule has 0 unspecified atom stereocenters. The number of hydrogen-bond donors (Lipinski definition) is 0. The number of amides is 1. The number of nitrogens with zero attached hydrogens (tertiary/aromatic N) is 1. The molecule has 138 valence electrons. The fraction of sp³-hybridized carbons (Fsp3) is 0.409. The van der Waals surface area contributed by atoms with Crippen molar-refractivity contribution in [2.75, 3.05) is 26.3 Å². The lowest BCUT2D eigenvalue weighted by Crippen LogP contribution is -2.41. The summed E-state index contributed by atoms with van der Waals surface area (Å²) in [5, 5.41) is 0. The van der Waals surface area contributed by atoms with E-state index in [0.29, 0.717) is 19.6 Å². The van der Waals surface area contributed by atoms with Crippen molar-refractivity contribution in [1.29, 1.82) is 0 Å². The van der Waals surface area contributed by atoms with Gasteiger partial charge in [-0.25, -0.2) is 0 Å². The van der Waals surface area contributed by atoms with Gasteiger partial charge >= 0.3 is 0 Å². The van der Waals surface area contributed by atoms with E-state index in [9.17, 15) is 4.79 Å². The second-order valence-corrected chi connectivity index (χ2v) is 6.60. The maximum absolute atomic E-state index is 12.4. The van der Waals surface area contributed by atoms with Crippen molar-refractivity contribution in [2.45, 2.75) is 31.8 Å². The predicted molar refractivity (Wildman–Crippen MR) is 102 cm³/mol. The van der Waals surface area contributed by atoms with E-state index >= 15 is 0 Å². The molecule has 1 heterocycles. The molecule has 0 aromatic heterocycles. The molecule has 1 aliphatic heterocycles. The molecule has 0 bridgehead atoms. The molecule has 1 amide bonds. The van der Waals surface area contributed by atoms with Gasteiger partial charge < -0.3 is 14.4 Å². The van der Waals surface area contributed by atoms with E-state index < -0.39 is 0 Å². The van der Waals surface area contributed by atoms with Crippen LogP contribution in [-0.2, 0) is 16.0 Å². The third-order valence-corrected chi connectivity index (χ3v) is 4.71. The van der Waals surface area contributed by atoms with Crippen LogP contribution in [0.3, 0.4) is 0 Å². The Hall–Kier alpha value is -2.33. The normalized spacial score (nSPS) is 15.0. The average Bonchev–Trinajstić information content (AvgIpc) is 2.71. The first-order valence-corrected chi connectivity index (χ1v) is 9.42. The maximum atomic E-state index is 12.4. The van der Waals surface area contributed by atoms with Gasteiger partial charge in [-0.3, -0.25) is 4.79 Å². The molecule has 0 radical (unpaired) electrons. The van der Waals surface area contributed by atoms with Crippen molar-refractivity contribution < 1.29 is 14.3 Å². The number of piperidine rings is 1. The van der Waals surface area contributed by atoms with E-state index in [0.717, 1.165) is 38.1 Å². The zero-order valence-electron chi connectivity index (χ0n) is 15.2. The fourth-order valence-corrected chi connectivity index (χ4v) is 3.22. The Kier molecular flexibility index (Phi) is 7.08. The second kappa shape index (κ2) is 9.97. The number of carbonyl (C=O) groups is 1. The number of aryl methyl sites for hydroxylation is 1. The summed E-state index contributed by atoms with van der Waals surface area (Å²) in [4.78, 5) is 14.3. The Balaban J connectivity index is 1.29. The molecule has 0 N–H and O–H groups in total. The molecule has 0 saturated carbocycles. The number of carbonyl (C=O) groups excluding carboxylic acids is 1. The monoisotopic (exact) mass is 353 g/mol. The highest BCUT2D eigenvalue weighted by atomic mass is 16.5. The van der Waals surface area contributed by atoms with E-state index in [1.54, 1.807) is 0 Å². The van der Waals surface area contributed by atoms with Crippen LogP contribution in [0.5, 0.6) is 5.75 Å². The van der Waals surface area contributed by atoms with Crippen molar-refractivity contribution >= 4 is 5.91 Å². The van der Waals surface area contributed by atoms with Gasteiger partial charge in [-0.05, 0) is 37.0 Å². The van der Waals surface area contributed by atoms with E-state index in [1.165, 1.54) is 5.56 Å². The van der Waals surface area contributed by atoms with Gasteiger partial charge in [-0.2, -0.15) is 0 Å². The zero-order chi connectivity index (χ0) is 18.0. The van der Waals surface area contributed by atoms with E-state index in [1.807, 2.05) is 53.4 Å². The van der Waals surface area contributed by atoms with Crippen LogP contribution in [0.25, 0.3) is 0 Å². The lowest BCUT2D eigenvalue weighted by Gasteiger charge is -2.32. The smallest absolute Gasteiger partial charge is 0.222 e. The lowest BCUT2D eigenvalue weighted by atomic mass is 10.1. The second-order valence-electron chi connectivity index (χ2n) is 6.60. The van der Waals surface area contributed by atoms with Crippen LogP contribution in [0.4, 0.5) is 0 Å². The topological polar surface area (TPSA) is 38.8 Å². The van der Waals surface area contributed by atoms with Crippen LogP contribution in [0.1, 0.15) is 24.8 Å². The van der Waals surface area contributed by atoms with Crippen LogP contribution >= 0.6 is 0 Å². The molecule has 4 heteroatoms. The SMILES string of the molecule is O=C(CCc1ccccc1)N1CCC(OCCOc2ccccc2)CC1. The minimum atomic E-state index is 0.229. The van der Waals surface area contributed by atoms with Gasteiger partial charge in [0.25, 0.3) is 0 Å². The Morgan fingerprint density at radius 2 is 1.58 bits per heavy atom. The number of likely N-dealkylation sites (tertiary alicyclic amines) is 1. The molecule has 0 atom stereocenters. The van der Waals surface area contributed by atoms with Crippen LogP contribution in [-0.4, -0.2) is 43.2 Å². The largest absolute Gasteiger partial charge is 0.491 e. The van der Waals surface area contributed by atoms with Crippen LogP contribution in [0.15, 0.2) is 60.7 Å². The molecule has 26 heavy (non-hydrogen) atoms. The van der Waals surface area contributed by atoms with Crippen LogP contribution in [0.2, 0.25) is 0 Å². The number of ether oxygens (including phenoxy) is 2. The van der Waals surface area contributed by atoms with Crippen molar-refractivity contribution in [3.63, 3.8) is 0 Å².